The van der Waals surface area contributed by atoms with Gasteiger partial charge in [-0.2, -0.15) is 0 Å². The molecule has 106 valence electrons. The van der Waals surface area contributed by atoms with Crippen molar-refractivity contribution in [1.29, 1.82) is 0 Å². The number of nitrogens with one attached hydrogen (secondary N) is 1. The summed E-state index contributed by atoms with van der Waals surface area (Å²) in [6, 6.07) is 11.1. The van der Waals surface area contributed by atoms with Gasteiger partial charge in [-0.1, -0.05) is 35.3 Å². The van der Waals surface area contributed by atoms with Gasteiger partial charge in [-0.05, 0) is 29.8 Å². The van der Waals surface area contributed by atoms with Crippen molar-refractivity contribution in [2.24, 2.45) is 5.84 Å². The normalized spacial score (nSPS) is 12.5. The Labute approximate surface area is 131 Å². The van der Waals surface area contributed by atoms with Crippen LogP contribution in [-0.4, -0.2) is 9.97 Å². The first-order valence-electron chi connectivity index (χ1n) is 6.31. The smallest absolute Gasteiger partial charge is 0.0896 e. The number of hydrogen-bond donors (Lipinski definition) is 2. The molecular weight excluding hydrogens is 307 g/mol. The zero-order valence-electron chi connectivity index (χ0n) is 10.9. The van der Waals surface area contributed by atoms with Crippen LogP contribution in [0.4, 0.5) is 0 Å². The summed E-state index contributed by atoms with van der Waals surface area (Å²) < 4.78 is 0. The number of hydrazine groups is 1. The molecular formula is C15H12Cl2N4. The first-order chi connectivity index (χ1) is 10.2. The number of pyridine rings is 2. The fraction of sp³-hybridized carbons (Fsp3) is 0.0667. The van der Waals surface area contributed by atoms with Gasteiger partial charge in [0.15, 0.2) is 0 Å². The standard InChI is InChI=1S/C15H12Cl2N4/c16-11-7-12(17)15(20-8-11)14(21-18)10-3-4-13-9(6-10)2-1-5-19-13/h1-8,14,21H,18H2. The lowest BCUT2D eigenvalue weighted by atomic mass is 10.0. The van der Waals surface area contributed by atoms with Gasteiger partial charge in [-0.3, -0.25) is 15.8 Å². The minimum absolute atomic E-state index is 0.320. The van der Waals surface area contributed by atoms with Gasteiger partial charge in [0.05, 0.1) is 27.3 Å². The number of benzene rings is 1. The summed E-state index contributed by atoms with van der Waals surface area (Å²) >= 11 is 12.1. The van der Waals surface area contributed by atoms with Gasteiger partial charge in [0.25, 0.3) is 0 Å². The van der Waals surface area contributed by atoms with E-state index in [0.29, 0.717) is 15.7 Å². The second-order valence-electron chi connectivity index (χ2n) is 4.58. The third kappa shape index (κ3) is 2.84. The van der Waals surface area contributed by atoms with Crippen LogP contribution in [0.25, 0.3) is 10.9 Å². The number of halogens is 2. The van der Waals surface area contributed by atoms with Crippen LogP contribution in [0.1, 0.15) is 17.3 Å². The third-order valence-electron chi connectivity index (χ3n) is 3.24. The number of aromatic nitrogens is 2. The summed E-state index contributed by atoms with van der Waals surface area (Å²) in [7, 11) is 0. The highest BCUT2D eigenvalue weighted by atomic mass is 35.5. The van der Waals surface area contributed by atoms with Crippen LogP contribution in [-0.2, 0) is 0 Å². The molecule has 0 radical (unpaired) electrons. The fourth-order valence-electron chi connectivity index (χ4n) is 2.24. The molecule has 2 heterocycles. The number of rotatable bonds is 3. The maximum atomic E-state index is 6.22. The molecule has 4 nitrogen and oxygen atoms in total. The molecule has 0 aliphatic carbocycles. The third-order valence-corrected chi connectivity index (χ3v) is 3.75. The summed E-state index contributed by atoms with van der Waals surface area (Å²) in [6.07, 6.45) is 3.31. The zero-order valence-corrected chi connectivity index (χ0v) is 12.4. The lowest BCUT2D eigenvalue weighted by molar-refractivity contribution is 0.621. The summed E-state index contributed by atoms with van der Waals surface area (Å²) in [5.74, 6) is 5.69. The maximum absolute atomic E-state index is 6.22. The molecule has 0 bridgehead atoms. The van der Waals surface area contributed by atoms with Gasteiger partial charge in [0.1, 0.15) is 0 Å². The van der Waals surface area contributed by atoms with E-state index in [4.69, 9.17) is 29.0 Å². The van der Waals surface area contributed by atoms with Gasteiger partial charge in [0.2, 0.25) is 0 Å². The van der Waals surface area contributed by atoms with Crippen molar-refractivity contribution >= 4 is 34.1 Å². The van der Waals surface area contributed by atoms with Gasteiger partial charge in [0, 0.05) is 17.8 Å². The molecule has 0 aliphatic rings. The molecule has 21 heavy (non-hydrogen) atoms. The molecule has 3 aromatic rings. The van der Waals surface area contributed by atoms with Gasteiger partial charge >= 0.3 is 0 Å². The number of nitrogens with zero attached hydrogens (tertiary/aromatic N) is 2. The van der Waals surface area contributed by atoms with E-state index in [2.05, 4.69) is 15.4 Å². The van der Waals surface area contributed by atoms with Crippen LogP contribution >= 0.6 is 23.2 Å². The summed E-state index contributed by atoms with van der Waals surface area (Å²) in [6.45, 7) is 0. The molecule has 3 N–H and O–H groups in total. The van der Waals surface area contributed by atoms with E-state index in [9.17, 15) is 0 Å². The zero-order chi connectivity index (χ0) is 14.8. The molecule has 1 atom stereocenters. The van der Waals surface area contributed by atoms with E-state index in [1.807, 2.05) is 30.3 Å². The van der Waals surface area contributed by atoms with Gasteiger partial charge in [-0.25, -0.2) is 5.43 Å². The SMILES string of the molecule is NNC(c1ccc2ncccc2c1)c1ncc(Cl)cc1Cl. The first kappa shape index (κ1) is 14.2. The highest BCUT2D eigenvalue weighted by molar-refractivity contribution is 6.34. The van der Waals surface area contributed by atoms with E-state index in [-0.39, 0.29) is 6.04 Å². The second-order valence-corrected chi connectivity index (χ2v) is 5.42. The average Bonchev–Trinajstić information content (AvgIpc) is 2.50. The molecule has 2 aromatic heterocycles. The van der Waals surface area contributed by atoms with Crippen molar-refractivity contribution in [2.75, 3.05) is 0 Å². The van der Waals surface area contributed by atoms with E-state index in [1.165, 1.54) is 0 Å². The number of hydrogen-bond acceptors (Lipinski definition) is 4. The van der Waals surface area contributed by atoms with Crippen LogP contribution in [0.5, 0.6) is 0 Å². The Morgan fingerprint density at radius 2 is 1.95 bits per heavy atom. The van der Waals surface area contributed by atoms with Crippen molar-refractivity contribution in [3.05, 3.63) is 70.1 Å². The Morgan fingerprint density at radius 3 is 2.71 bits per heavy atom. The minimum atomic E-state index is -0.320. The summed E-state index contributed by atoms with van der Waals surface area (Å²) in [5.41, 5.74) is 5.26. The van der Waals surface area contributed by atoms with Crippen LogP contribution in [0.3, 0.4) is 0 Å². The van der Waals surface area contributed by atoms with E-state index >= 15 is 0 Å². The Kier molecular flexibility index (Phi) is 4.03. The van der Waals surface area contributed by atoms with Gasteiger partial charge in [-0.15, -0.1) is 0 Å². The molecule has 0 saturated carbocycles. The monoisotopic (exact) mass is 318 g/mol. The molecule has 0 spiro atoms. The van der Waals surface area contributed by atoms with E-state index < -0.39 is 0 Å². The molecule has 6 heteroatoms. The summed E-state index contributed by atoms with van der Waals surface area (Å²) in [5, 5.41) is 1.99. The van der Waals surface area contributed by atoms with Crippen LogP contribution in [0, 0.1) is 0 Å². The highest BCUT2D eigenvalue weighted by Crippen LogP contribution is 2.29. The topological polar surface area (TPSA) is 63.8 Å². The van der Waals surface area contributed by atoms with Crippen molar-refractivity contribution in [2.45, 2.75) is 6.04 Å². The Bertz CT molecular complexity index is 791. The van der Waals surface area contributed by atoms with Crippen molar-refractivity contribution in [1.82, 2.24) is 15.4 Å². The van der Waals surface area contributed by atoms with E-state index in [1.54, 1.807) is 18.5 Å². The van der Waals surface area contributed by atoms with E-state index in [0.717, 1.165) is 16.5 Å². The summed E-state index contributed by atoms with van der Waals surface area (Å²) in [4.78, 5) is 8.58. The highest BCUT2D eigenvalue weighted by Gasteiger charge is 2.18. The molecule has 0 fully saturated rings. The largest absolute Gasteiger partial charge is 0.271 e. The molecule has 0 saturated heterocycles. The van der Waals surface area contributed by atoms with Crippen molar-refractivity contribution in [3.63, 3.8) is 0 Å². The van der Waals surface area contributed by atoms with Crippen LogP contribution in [0.2, 0.25) is 10.0 Å². The minimum Gasteiger partial charge on any atom is -0.271 e. The average molecular weight is 319 g/mol. The first-order valence-corrected chi connectivity index (χ1v) is 7.06. The quantitative estimate of drug-likeness (QED) is 0.573. The van der Waals surface area contributed by atoms with Crippen LogP contribution in [0.15, 0.2) is 48.8 Å². The molecule has 3 rings (SSSR count). The second kappa shape index (κ2) is 5.95. The fourth-order valence-corrected chi connectivity index (χ4v) is 2.73. The lowest BCUT2D eigenvalue weighted by Crippen LogP contribution is -2.29. The lowest BCUT2D eigenvalue weighted by Gasteiger charge is -2.17. The predicted octanol–water partition coefficient (Wildman–Crippen LogP) is 3.49. The Morgan fingerprint density at radius 1 is 1.10 bits per heavy atom. The van der Waals surface area contributed by atoms with Crippen molar-refractivity contribution in [3.8, 4) is 0 Å². The maximum Gasteiger partial charge on any atom is 0.0896 e. The van der Waals surface area contributed by atoms with Gasteiger partial charge < -0.3 is 0 Å². The van der Waals surface area contributed by atoms with Crippen molar-refractivity contribution < 1.29 is 0 Å². The molecule has 0 aliphatic heterocycles. The Hall–Kier alpha value is -1.72. The molecule has 1 unspecified atom stereocenters. The van der Waals surface area contributed by atoms with Crippen LogP contribution < -0.4 is 11.3 Å². The Balaban J connectivity index is 2.09. The number of nitrogens with two attached hydrogens (primary N) is 1. The number of fused-ring (bicyclic) bond motifs is 1. The molecule has 0 amide bonds. The molecule has 1 aromatic carbocycles. The predicted molar refractivity (Wildman–Crippen MR) is 85.2 cm³/mol.